The molecule has 0 saturated carbocycles. The van der Waals surface area contributed by atoms with Crippen LogP contribution in [0.5, 0.6) is 0 Å². The van der Waals surface area contributed by atoms with Crippen molar-refractivity contribution < 1.29 is 4.74 Å². The molecule has 0 aromatic rings. The first-order valence-electron chi connectivity index (χ1n) is 5.85. The number of hydrogen-bond acceptors (Lipinski definition) is 2. The molecule has 0 radical (unpaired) electrons. The van der Waals surface area contributed by atoms with Gasteiger partial charge in [-0.2, -0.15) is 11.8 Å². The Bertz CT molecular complexity index is 178. The molecule has 1 nitrogen and oxygen atoms in total. The first kappa shape index (κ1) is 13.9. The second kappa shape index (κ2) is 6.51. The number of rotatable bonds is 5. The van der Waals surface area contributed by atoms with Crippen molar-refractivity contribution >= 4 is 27.7 Å². The molecule has 0 aliphatic carbocycles. The summed E-state index contributed by atoms with van der Waals surface area (Å²) in [7, 11) is 0. The van der Waals surface area contributed by atoms with E-state index in [0.29, 0.717) is 5.41 Å². The van der Waals surface area contributed by atoms with Crippen molar-refractivity contribution in [1.82, 2.24) is 0 Å². The average Bonchev–Trinajstić information content (AvgIpc) is 2.27. The lowest BCUT2D eigenvalue weighted by Crippen LogP contribution is -2.34. The highest BCUT2D eigenvalue weighted by Gasteiger charge is 2.32. The summed E-state index contributed by atoms with van der Waals surface area (Å²) in [4.78, 5) is 0. The third-order valence-corrected chi connectivity index (χ3v) is 6.47. The van der Waals surface area contributed by atoms with E-state index in [4.69, 9.17) is 4.74 Å². The van der Waals surface area contributed by atoms with Crippen LogP contribution in [0, 0.1) is 11.3 Å². The van der Waals surface area contributed by atoms with Crippen LogP contribution in [-0.2, 0) is 4.74 Å². The molecule has 0 bridgehead atoms. The zero-order chi connectivity index (χ0) is 11.3. The number of alkyl halides is 1. The smallest absolute Gasteiger partial charge is 0.0471 e. The van der Waals surface area contributed by atoms with Gasteiger partial charge in [0.2, 0.25) is 0 Å². The van der Waals surface area contributed by atoms with Crippen LogP contribution < -0.4 is 0 Å². The van der Waals surface area contributed by atoms with Gasteiger partial charge in [-0.25, -0.2) is 0 Å². The lowest BCUT2D eigenvalue weighted by atomic mass is 9.85. The molecule has 1 saturated heterocycles. The summed E-state index contributed by atoms with van der Waals surface area (Å²) in [6.45, 7) is 8.85. The molecule has 1 atom stereocenters. The fourth-order valence-corrected chi connectivity index (χ4v) is 4.04. The van der Waals surface area contributed by atoms with Gasteiger partial charge in [-0.15, -0.1) is 0 Å². The minimum atomic E-state index is 0.492. The van der Waals surface area contributed by atoms with Crippen LogP contribution in [0.25, 0.3) is 0 Å². The first-order chi connectivity index (χ1) is 7.09. The van der Waals surface area contributed by atoms with Crippen LogP contribution in [-0.4, -0.2) is 29.5 Å². The molecular weight excluding hydrogens is 272 g/mol. The highest BCUT2D eigenvalue weighted by atomic mass is 79.9. The third kappa shape index (κ3) is 4.27. The minimum absolute atomic E-state index is 0.492. The van der Waals surface area contributed by atoms with E-state index < -0.39 is 0 Å². The summed E-state index contributed by atoms with van der Waals surface area (Å²) in [5.74, 6) is 2.06. The van der Waals surface area contributed by atoms with Crippen molar-refractivity contribution in [2.45, 2.75) is 38.9 Å². The van der Waals surface area contributed by atoms with Gasteiger partial charge < -0.3 is 4.74 Å². The van der Waals surface area contributed by atoms with E-state index in [2.05, 4.69) is 48.5 Å². The summed E-state index contributed by atoms with van der Waals surface area (Å²) < 4.78 is 5.45. The quantitative estimate of drug-likeness (QED) is 0.710. The molecule has 15 heavy (non-hydrogen) atoms. The van der Waals surface area contributed by atoms with Crippen LogP contribution >= 0.6 is 27.7 Å². The number of ether oxygens (including phenoxy) is 1. The van der Waals surface area contributed by atoms with E-state index >= 15 is 0 Å². The van der Waals surface area contributed by atoms with Crippen LogP contribution in [0.2, 0.25) is 0 Å². The van der Waals surface area contributed by atoms with Crippen molar-refractivity contribution in [1.29, 1.82) is 0 Å². The van der Waals surface area contributed by atoms with Gasteiger partial charge in [0.15, 0.2) is 0 Å². The zero-order valence-electron chi connectivity index (χ0n) is 10.1. The van der Waals surface area contributed by atoms with Gasteiger partial charge in [0.25, 0.3) is 0 Å². The Hall–Kier alpha value is 0.790. The predicted molar refractivity (Wildman–Crippen MR) is 73.0 cm³/mol. The predicted octanol–water partition coefficient (Wildman–Crippen LogP) is 3.96. The van der Waals surface area contributed by atoms with E-state index in [1.807, 2.05) is 0 Å². The maximum atomic E-state index is 5.45. The van der Waals surface area contributed by atoms with Crippen molar-refractivity contribution in [3.05, 3.63) is 0 Å². The Morgan fingerprint density at radius 3 is 2.33 bits per heavy atom. The Balaban J connectivity index is 2.38. The van der Waals surface area contributed by atoms with E-state index in [1.165, 1.54) is 18.6 Å². The molecule has 1 unspecified atom stereocenters. The second-order valence-corrected chi connectivity index (χ2v) is 6.93. The van der Waals surface area contributed by atoms with Crippen molar-refractivity contribution in [3.8, 4) is 0 Å². The zero-order valence-corrected chi connectivity index (χ0v) is 12.5. The lowest BCUT2D eigenvalue weighted by Gasteiger charge is -2.36. The molecule has 1 rings (SSSR count). The topological polar surface area (TPSA) is 9.23 Å². The molecule has 0 aromatic carbocycles. The Morgan fingerprint density at radius 2 is 1.87 bits per heavy atom. The molecule has 90 valence electrons. The monoisotopic (exact) mass is 294 g/mol. The summed E-state index contributed by atoms with van der Waals surface area (Å²) in [5.41, 5.74) is 0.492. The molecular formula is C12H23BrOS. The van der Waals surface area contributed by atoms with Crippen molar-refractivity contribution in [3.63, 3.8) is 0 Å². The molecule has 1 aliphatic heterocycles. The standard InChI is InChI=1S/C12H23BrOS/c1-10(2)11(3)15-9-12(8-13)4-6-14-7-5-12/h10-11H,4-9H2,1-3H3. The molecule has 0 amide bonds. The van der Waals surface area contributed by atoms with Crippen LogP contribution in [0.3, 0.4) is 0 Å². The summed E-state index contributed by atoms with van der Waals surface area (Å²) in [5, 5.41) is 1.89. The average molecular weight is 295 g/mol. The van der Waals surface area contributed by atoms with Gasteiger partial charge in [-0.3, -0.25) is 0 Å². The van der Waals surface area contributed by atoms with E-state index in [0.717, 1.165) is 29.7 Å². The lowest BCUT2D eigenvalue weighted by molar-refractivity contribution is 0.0374. The Kier molecular flexibility index (Phi) is 6.01. The van der Waals surface area contributed by atoms with Gasteiger partial charge in [0.1, 0.15) is 0 Å². The fraction of sp³-hybridized carbons (Fsp3) is 1.00. The maximum Gasteiger partial charge on any atom is 0.0471 e. The van der Waals surface area contributed by atoms with E-state index in [9.17, 15) is 0 Å². The number of thioether (sulfide) groups is 1. The molecule has 0 aromatic heterocycles. The molecule has 0 spiro atoms. The molecule has 1 heterocycles. The number of halogens is 1. The highest BCUT2D eigenvalue weighted by molar-refractivity contribution is 9.09. The number of hydrogen-bond donors (Lipinski definition) is 0. The van der Waals surface area contributed by atoms with Gasteiger partial charge >= 0.3 is 0 Å². The Labute approximate surface area is 107 Å². The first-order valence-corrected chi connectivity index (χ1v) is 8.02. The maximum absolute atomic E-state index is 5.45. The molecule has 3 heteroatoms. The second-order valence-electron chi connectivity index (χ2n) is 5.01. The van der Waals surface area contributed by atoms with Crippen molar-refractivity contribution in [2.24, 2.45) is 11.3 Å². The van der Waals surface area contributed by atoms with Crippen molar-refractivity contribution in [2.75, 3.05) is 24.3 Å². The van der Waals surface area contributed by atoms with Gasteiger partial charge in [-0.05, 0) is 24.2 Å². The Morgan fingerprint density at radius 1 is 1.27 bits per heavy atom. The molecule has 1 fully saturated rings. The summed E-state index contributed by atoms with van der Waals surface area (Å²) >= 11 is 5.82. The van der Waals surface area contributed by atoms with E-state index in [-0.39, 0.29) is 0 Å². The fourth-order valence-electron chi connectivity index (χ4n) is 1.62. The molecule has 0 N–H and O–H groups in total. The summed E-state index contributed by atoms with van der Waals surface area (Å²) in [6.07, 6.45) is 2.44. The van der Waals surface area contributed by atoms with Gasteiger partial charge in [-0.1, -0.05) is 36.7 Å². The minimum Gasteiger partial charge on any atom is -0.381 e. The largest absolute Gasteiger partial charge is 0.381 e. The normalized spacial score (nSPS) is 23.0. The highest BCUT2D eigenvalue weighted by Crippen LogP contribution is 2.37. The molecule has 1 aliphatic rings. The van der Waals surface area contributed by atoms with Crippen LogP contribution in [0.1, 0.15) is 33.6 Å². The van der Waals surface area contributed by atoms with Crippen LogP contribution in [0.15, 0.2) is 0 Å². The van der Waals surface area contributed by atoms with E-state index in [1.54, 1.807) is 0 Å². The third-order valence-electron chi connectivity index (χ3n) is 3.43. The van der Waals surface area contributed by atoms with Gasteiger partial charge in [0, 0.05) is 29.5 Å². The van der Waals surface area contributed by atoms with Crippen LogP contribution in [0.4, 0.5) is 0 Å². The summed E-state index contributed by atoms with van der Waals surface area (Å²) in [6, 6.07) is 0. The van der Waals surface area contributed by atoms with Gasteiger partial charge in [0.05, 0.1) is 0 Å². The SMILES string of the molecule is CC(C)C(C)SCC1(CBr)CCOCC1.